The molecule has 7 N–H and O–H groups in total. The molecule has 17 atom stereocenters. The number of fused-ring (bicyclic) bond motifs is 7. The monoisotopic (exact) mass is 986 g/mol. The molecular formula is C57H79NO13. The largest absolute Gasteiger partial charge is 0.489 e. The van der Waals surface area contributed by atoms with Crippen molar-refractivity contribution in [3.8, 4) is 5.75 Å². The van der Waals surface area contributed by atoms with Gasteiger partial charge >= 0.3 is 5.97 Å². The van der Waals surface area contributed by atoms with Crippen LogP contribution >= 0.6 is 0 Å². The van der Waals surface area contributed by atoms with E-state index in [1.807, 2.05) is 54.6 Å². The average Bonchev–Trinajstić information content (AvgIpc) is 3.33. The molecule has 71 heavy (non-hydrogen) atoms. The van der Waals surface area contributed by atoms with E-state index in [0.717, 1.165) is 62.5 Å². The average molecular weight is 986 g/mol. The van der Waals surface area contributed by atoms with Crippen molar-refractivity contribution < 1.29 is 63.9 Å². The van der Waals surface area contributed by atoms with E-state index in [-0.39, 0.29) is 52.8 Å². The minimum absolute atomic E-state index is 0.0330. The maximum atomic E-state index is 13.7. The third-order valence-electron chi connectivity index (χ3n) is 19.7. The van der Waals surface area contributed by atoms with Gasteiger partial charge in [-0.3, -0.25) is 9.59 Å². The number of carbonyl (C=O) groups excluding carboxylic acids is 1. The number of carboxylic acid groups (broad SMARTS) is 1. The number of aliphatic hydroxyl groups excluding tert-OH is 5. The molecule has 5 aliphatic carbocycles. The molecule has 6 fully saturated rings. The van der Waals surface area contributed by atoms with Crippen LogP contribution in [0, 0.1) is 50.2 Å². The number of benzene rings is 2. The zero-order valence-electron chi connectivity index (χ0n) is 42.7. The van der Waals surface area contributed by atoms with Gasteiger partial charge in [0.25, 0.3) is 0 Å². The minimum Gasteiger partial charge on any atom is -0.489 e. The lowest BCUT2D eigenvalue weighted by Gasteiger charge is -2.71. The van der Waals surface area contributed by atoms with Crippen LogP contribution in [0.5, 0.6) is 5.75 Å². The molecule has 1 amide bonds. The molecule has 0 aromatic heterocycles. The van der Waals surface area contributed by atoms with Crippen LogP contribution in [0.15, 0.2) is 72.3 Å². The molecule has 7 aliphatic rings. The number of ether oxygens (including phenoxy) is 5. The first-order valence-electron chi connectivity index (χ1n) is 26.2. The van der Waals surface area contributed by atoms with E-state index in [0.29, 0.717) is 31.1 Å². The Kier molecular flexibility index (Phi) is 14.4. The summed E-state index contributed by atoms with van der Waals surface area (Å²) in [4.78, 5) is 27.0. The summed E-state index contributed by atoms with van der Waals surface area (Å²) in [5.41, 5.74) is 1.92. The number of hydrogen-bond acceptors (Lipinski definition) is 12. The molecule has 2 aromatic carbocycles. The Morgan fingerprint density at radius 3 is 2.23 bits per heavy atom. The number of carboxylic acids is 1. The molecule has 14 heteroatoms. The molecule has 2 aliphatic heterocycles. The van der Waals surface area contributed by atoms with E-state index in [9.17, 15) is 40.2 Å². The lowest BCUT2D eigenvalue weighted by atomic mass is 9.33. The smallest absolute Gasteiger partial charge is 0.310 e. The fraction of sp³-hybridized carbons (Fsp3) is 0.684. The Morgan fingerprint density at radius 2 is 1.51 bits per heavy atom. The molecule has 0 spiro atoms. The maximum absolute atomic E-state index is 13.7. The normalized spacial score (nSPS) is 42.6. The van der Waals surface area contributed by atoms with E-state index in [4.69, 9.17) is 23.7 Å². The first-order valence-corrected chi connectivity index (χ1v) is 26.2. The van der Waals surface area contributed by atoms with Gasteiger partial charge < -0.3 is 59.6 Å². The van der Waals surface area contributed by atoms with Gasteiger partial charge in [-0.25, -0.2) is 0 Å². The van der Waals surface area contributed by atoms with Gasteiger partial charge in [-0.1, -0.05) is 103 Å². The van der Waals surface area contributed by atoms with Crippen molar-refractivity contribution in [1.29, 1.82) is 0 Å². The van der Waals surface area contributed by atoms with Crippen LogP contribution in [-0.4, -0.2) is 117 Å². The number of hydrogen-bond donors (Lipinski definition) is 7. The van der Waals surface area contributed by atoms with Crippen LogP contribution < -0.4 is 10.1 Å². The SMILES string of the molecule is CC1(C)CC[C@]2(C(=O)O)CC[C@]3(C)C(=CC[C@@H]4[C@@]5(C)CC[C@H](O[C@@H]6O[C@H](CO[C@@H]7OC[C@H](O)[C@H](O)[C@H]7O)[C@@H](O)[C@H](O)[C@H]6NC(=O)/C=C/c6ccc(OCc7ccccc7)cc6)C(C)(C)[C@@H]5CC[C@]43C)[C@@H]2C1. The molecule has 2 aromatic rings. The molecule has 14 nitrogen and oxygen atoms in total. The fourth-order valence-corrected chi connectivity index (χ4v) is 15.3. The van der Waals surface area contributed by atoms with Crippen molar-refractivity contribution in [2.75, 3.05) is 13.2 Å². The Hall–Kier alpha value is -3.70. The predicted octanol–water partition coefficient (Wildman–Crippen LogP) is 6.94. The van der Waals surface area contributed by atoms with Gasteiger partial charge in [0.15, 0.2) is 12.6 Å². The van der Waals surface area contributed by atoms with E-state index < -0.39 is 78.0 Å². The Labute approximate surface area is 419 Å². The van der Waals surface area contributed by atoms with Crippen molar-refractivity contribution in [3.05, 3.63) is 83.4 Å². The molecule has 0 unspecified atom stereocenters. The molecular weight excluding hydrogens is 907 g/mol. The number of aliphatic hydroxyl groups is 5. The summed E-state index contributed by atoms with van der Waals surface area (Å²) < 4.78 is 30.7. The van der Waals surface area contributed by atoms with Gasteiger partial charge in [-0.05, 0) is 138 Å². The number of nitrogens with one attached hydrogen (secondary N) is 1. The molecule has 2 heterocycles. The third-order valence-corrected chi connectivity index (χ3v) is 19.7. The van der Waals surface area contributed by atoms with Gasteiger partial charge in [-0.2, -0.15) is 0 Å². The fourth-order valence-electron chi connectivity index (χ4n) is 15.3. The van der Waals surface area contributed by atoms with Gasteiger partial charge in [0.1, 0.15) is 55.0 Å². The number of amides is 1. The molecule has 390 valence electrons. The maximum Gasteiger partial charge on any atom is 0.310 e. The second-order valence-electron chi connectivity index (χ2n) is 24.5. The summed E-state index contributed by atoms with van der Waals surface area (Å²) >= 11 is 0. The van der Waals surface area contributed by atoms with Crippen LogP contribution in [0.4, 0.5) is 0 Å². The lowest BCUT2D eigenvalue weighted by molar-refractivity contribution is -0.322. The van der Waals surface area contributed by atoms with Crippen molar-refractivity contribution >= 4 is 18.0 Å². The van der Waals surface area contributed by atoms with Gasteiger partial charge in [0.2, 0.25) is 5.91 Å². The molecule has 2 saturated heterocycles. The standard InChI is InChI=1S/C57H79NO13/c1-52(2)25-27-57(51(65)66)28-26-55(6)36(37(57)29-52)18-19-41-54(5)23-22-42(53(3,4)40(54)21-24-56(41,55)7)71-49-44(47(63)46(62)39(70-49)32-69-50-48(64)45(61)38(59)31-68-50)58-43(60)20-15-33-13-16-35(17-14-33)67-30-34-11-9-8-10-12-34/h8-18,20,37-42,44-50,59,61-64H,19,21-32H2,1-7H3,(H,58,60)(H,65,66)/b20-15+/t37-,38-,39+,40-,41+,42-,44+,45-,46+,47+,48+,49-,50-,54-,55+,56+,57-/m0/s1. The highest BCUT2D eigenvalue weighted by atomic mass is 16.7. The molecule has 0 bridgehead atoms. The molecule has 0 radical (unpaired) electrons. The highest BCUT2D eigenvalue weighted by molar-refractivity contribution is 5.92. The Bertz CT molecular complexity index is 2300. The Morgan fingerprint density at radius 1 is 0.789 bits per heavy atom. The quantitative estimate of drug-likeness (QED) is 0.0654. The minimum atomic E-state index is -1.58. The molecule has 4 saturated carbocycles. The zero-order valence-corrected chi connectivity index (χ0v) is 42.7. The van der Waals surface area contributed by atoms with E-state index in [2.05, 4.69) is 59.9 Å². The van der Waals surface area contributed by atoms with E-state index >= 15 is 0 Å². The highest BCUT2D eigenvalue weighted by Gasteiger charge is 2.69. The number of aliphatic carboxylic acids is 1. The van der Waals surface area contributed by atoms with Gasteiger partial charge in [0, 0.05) is 6.08 Å². The van der Waals surface area contributed by atoms with Crippen LogP contribution in [0.2, 0.25) is 0 Å². The van der Waals surface area contributed by atoms with Gasteiger partial charge in [-0.15, -0.1) is 0 Å². The van der Waals surface area contributed by atoms with E-state index in [1.54, 1.807) is 6.08 Å². The predicted molar refractivity (Wildman–Crippen MR) is 264 cm³/mol. The lowest BCUT2D eigenvalue weighted by Crippen LogP contribution is -2.67. The summed E-state index contributed by atoms with van der Waals surface area (Å²) in [6.45, 7) is 16.3. The van der Waals surface area contributed by atoms with Crippen LogP contribution in [0.3, 0.4) is 0 Å². The van der Waals surface area contributed by atoms with Crippen molar-refractivity contribution in [1.82, 2.24) is 5.32 Å². The first-order chi connectivity index (χ1) is 33.5. The first kappa shape index (κ1) is 52.2. The zero-order chi connectivity index (χ0) is 50.9. The summed E-state index contributed by atoms with van der Waals surface area (Å²) in [5.74, 6) is 0.133. The second-order valence-corrected chi connectivity index (χ2v) is 24.5. The summed E-state index contributed by atoms with van der Waals surface area (Å²) in [7, 11) is 0. The number of allylic oxidation sites excluding steroid dienone is 2. The number of rotatable bonds is 12. The second kappa shape index (κ2) is 19.5. The highest BCUT2D eigenvalue weighted by Crippen LogP contribution is 2.76. The molecule has 9 rings (SSSR count). The number of carbonyl (C=O) groups is 2. The third kappa shape index (κ3) is 9.34. The van der Waals surface area contributed by atoms with Crippen molar-refractivity contribution in [3.63, 3.8) is 0 Å². The topological polar surface area (TPSA) is 214 Å². The Balaban J connectivity index is 0.932. The van der Waals surface area contributed by atoms with Crippen molar-refractivity contribution in [2.45, 2.75) is 181 Å². The van der Waals surface area contributed by atoms with Gasteiger partial charge in [0.05, 0.1) is 24.7 Å². The summed E-state index contributed by atoms with van der Waals surface area (Å²) in [5, 5.41) is 68.0. The van der Waals surface area contributed by atoms with Crippen LogP contribution in [-0.2, 0) is 35.1 Å². The van der Waals surface area contributed by atoms with Crippen LogP contribution in [0.25, 0.3) is 6.08 Å². The van der Waals surface area contributed by atoms with Crippen LogP contribution in [0.1, 0.15) is 124 Å². The van der Waals surface area contributed by atoms with Crippen molar-refractivity contribution in [2.24, 2.45) is 50.2 Å². The summed E-state index contributed by atoms with van der Waals surface area (Å²) in [6, 6.07) is 16.0. The summed E-state index contributed by atoms with van der Waals surface area (Å²) in [6.07, 6.45) is 2.37. The van der Waals surface area contributed by atoms with E-state index in [1.165, 1.54) is 11.6 Å².